The van der Waals surface area contributed by atoms with Gasteiger partial charge in [-0.15, -0.1) is 11.3 Å². The number of para-hydroxylation sites is 1. The van der Waals surface area contributed by atoms with Crippen molar-refractivity contribution in [3.8, 4) is 11.1 Å². The van der Waals surface area contributed by atoms with E-state index in [2.05, 4.69) is 20.9 Å². The highest BCUT2D eigenvalue weighted by Crippen LogP contribution is 2.35. The zero-order valence-electron chi connectivity index (χ0n) is 16.9. The third-order valence-corrected chi connectivity index (χ3v) is 5.48. The summed E-state index contributed by atoms with van der Waals surface area (Å²) in [5, 5.41) is 0.336. The van der Waals surface area contributed by atoms with Crippen molar-refractivity contribution in [1.82, 2.24) is 4.98 Å². The first kappa shape index (κ1) is 23.8. The number of anilines is 1. The summed E-state index contributed by atoms with van der Waals surface area (Å²) < 4.78 is 27.6. The second kappa shape index (κ2) is 10.5. The Hall–Kier alpha value is -2.45. The quantitative estimate of drug-likeness (QED) is 0.390. The zero-order valence-corrected chi connectivity index (χ0v) is 19.4. The number of carbonyl (C=O) groups excluding carboxylic acids is 2. The van der Waals surface area contributed by atoms with Gasteiger partial charge in [0, 0.05) is 17.0 Å². The van der Waals surface area contributed by atoms with Crippen LogP contribution in [0.4, 0.5) is 14.5 Å². The number of nitrogens with zero attached hydrogens (tertiary/aromatic N) is 2. The van der Waals surface area contributed by atoms with E-state index in [1.54, 1.807) is 31.2 Å². The van der Waals surface area contributed by atoms with E-state index >= 15 is 0 Å². The lowest BCUT2D eigenvalue weighted by atomic mass is 10.0. The first-order valence-corrected chi connectivity index (χ1v) is 10.9. The lowest BCUT2D eigenvalue weighted by molar-refractivity contribution is -0.115. The van der Waals surface area contributed by atoms with Crippen molar-refractivity contribution in [2.75, 3.05) is 4.90 Å². The van der Waals surface area contributed by atoms with Crippen LogP contribution in [0.15, 0.2) is 53.0 Å². The van der Waals surface area contributed by atoms with Gasteiger partial charge in [0.05, 0.1) is 10.7 Å². The van der Waals surface area contributed by atoms with Crippen LogP contribution in [0, 0.1) is 6.92 Å². The van der Waals surface area contributed by atoms with Gasteiger partial charge in [0.2, 0.25) is 5.91 Å². The lowest BCUT2D eigenvalue weighted by Crippen LogP contribution is -2.35. The molecule has 0 N–H and O–H groups in total. The predicted octanol–water partition coefficient (Wildman–Crippen LogP) is 7.04. The molecule has 3 aromatic rings. The highest BCUT2D eigenvalue weighted by atomic mass is 79.9. The third kappa shape index (κ3) is 5.17. The summed E-state index contributed by atoms with van der Waals surface area (Å²) in [5.41, 5.74) is 1.15. The Morgan fingerprint density at radius 3 is 2.23 bits per heavy atom. The summed E-state index contributed by atoms with van der Waals surface area (Å²) >= 11 is 4.23. The second-order valence-corrected chi connectivity index (χ2v) is 8.05. The highest BCUT2D eigenvalue weighted by molar-refractivity contribution is 9.10. The molecule has 2 amide bonds. The molecule has 0 saturated heterocycles. The molecule has 30 heavy (non-hydrogen) atoms. The standard InChI is InChI=1S/C20H15BrF2N2O2S.C2H6/c1-11-24-17(19(22)23)18(28-11)20(27)25(12(2)26)16-6-4-3-5-15(16)13-7-9-14(21)10-8-13;1-2/h3-10,19H,1-2H3;1-2H3. The summed E-state index contributed by atoms with van der Waals surface area (Å²) in [6.45, 7) is 6.77. The minimum atomic E-state index is -2.90. The van der Waals surface area contributed by atoms with E-state index in [-0.39, 0.29) is 4.88 Å². The molecule has 8 heteroatoms. The Morgan fingerprint density at radius 1 is 1.07 bits per heavy atom. The molecule has 0 bridgehead atoms. The number of rotatable bonds is 4. The molecule has 0 saturated carbocycles. The van der Waals surface area contributed by atoms with Gasteiger partial charge in [0.15, 0.2) is 0 Å². The van der Waals surface area contributed by atoms with Gasteiger partial charge in [-0.25, -0.2) is 18.7 Å². The van der Waals surface area contributed by atoms with Crippen molar-refractivity contribution in [3.63, 3.8) is 0 Å². The first-order valence-electron chi connectivity index (χ1n) is 9.25. The number of imide groups is 1. The molecule has 0 spiro atoms. The molecule has 3 rings (SSSR count). The van der Waals surface area contributed by atoms with Crippen LogP contribution in [-0.4, -0.2) is 16.8 Å². The number of alkyl halides is 2. The van der Waals surface area contributed by atoms with Crippen LogP contribution in [0.3, 0.4) is 0 Å². The summed E-state index contributed by atoms with van der Waals surface area (Å²) in [7, 11) is 0. The molecular weight excluding hydrogens is 474 g/mol. The highest BCUT2D eigenvalue weighted by Gasteiger charge is 2.31. The van der Waals surface area contributed by atoms with E-state index in [9.17, 15) is 18.4 Å². The van der Waals surface area contributed by atoms with Gasteiger partial charge in [0.1, 0.15) is 10.6 Å². The van der Waals surface area contributed by atoms with E-state index < -0.39 is 23.9 Å². The molecule has 2 aromatic carbocycles. The number of carbonyl (C=O) groups is 2. The maximum atomic E-state index is 13.3. The van der Waals surface area contributed by atoms with Crippen LogP contribution in [0.25, 0.3) is 11.1 Å². The fourth-order valence-electron chi connectivity index (χ4n) is 2.81. The lowest BCUT2D eigenvalue weighted by Gasteiger charge is -2.22. The number of benzene rings is 2. The van der Waals surface area contributed by atoms with Crippen molar-refractivity contribution >= 4 is 44.8 Å². The molecule has 0 aliphatic carbocycles. The average Bonchev–Trinajstić information content (AvgIpc) is 3.13. The molecular formula is C22H21BrF2N2O2S. The van der Waals surface area contributed by atoms with Gasteiger partial charge in [-0.2, -0.15) is 0 Å². The van der Waals surface area contributed by atoms with Crippen molar-refractivity contribution in [1.29, 1.82) is 0 Å². The Morgan fingerprint density at radius 2 is 1.67 bits per heavy atom. The van der Waals surface area contributed by atoms with Gasteiger partial charge < -0.3 is 0 Å². The van der Waals surface area contributed by atoms with Crippen molar-refractivity contribution in [2.45, 2.75) is 34.1 Å². The number of aromatic nitrogens is 1. The maximum Gasteiger partial charge on any atom is 0.282 e. The summed E-state index contributed by atoms with van der Waals surface area (Å²) in [6.07, 6.45) is -2.90. The second-order valence-electron chi connectivity index (χ2n) is 5.93. The molecule has 0 fully saturated rings. The van der Waals surface area contributed by atoms with Crippen molar-refractivity contribution in [2.24, 2.45) is 0 Å². The molecule has 158 valence electrons. The molecule has 1 heterocycles. The Balaban J connectivity index is 0.00000155. The van der Waals surface area contributed by atoms with E-state index in [0.717, 1.165) is 26.3 Å². The minimum Gasteiger partial charge on any atom is -0.274 e. The molecule has 0 aliphatic heterocycles. The van der Waals surface area contributed by atoms with Crippen LogP contribution >= 0.6 is 27.3 Å². The Bertz CT molecular complexity index is 1040. The number of hydrogen-bond donors (Lipinski definition) is 0. The SMILES string of the molecule is CC.CC(=O)N(C(=O)c1sc(C)nc1C(F)F)c1ccccc1-c1ccc(Br)cc1. The monoisotopic (exact) mass is 494 g/mol. The molecule has 0 unspecified atom stereocenters. The molecule has 1 aromatic heterocycles. The molecule has 0 atom stereocenters. The van der Waals surface area contributed by atoms with Crippen molar-refractivity contribution < 1.29 is 18.4 Å². The van der Waals surface area contributed by atoms with Gasteiger partial charge in [-0.1, -0.05) is 60.1 Å². The zero-order chi connectivity index (χ0) is 22.4. The number of thiazole rings is 1. The third-order valence-electron chi connectivity index (χ3n) is 3.98. The smallest absolute Gasteiger partial charge is 0.274 e. The molecule has 0 radical (unpaired) electrons. The van der Waals surface area contributed by atoms with Gasteiger partial charge >= 0.3 is 0 Å². The van der Waals surface area contributed by atoms with Gasteiger partial charge in [0.25, 0.3) is 12.3 Å². The van der Waals surface area contributed by atoms with Crippen molar-refractivity contribution in [3.05, 3.63) is 68.6 Å². The van der Waals surface area contributed by atoms with Gasteiger partial charge in [-0.3, -0.25) is 9.59 Å². The predicted molar refractivity (Wildman–Crippen MR) is 120 cm³/mol. The normalized spacial score (nSPS) is 10.4. The van der Waals surface area contributed by atoms with Gasteiger partial charge in [-0.05, 0) is 30.7 Å². The maximum absolute atomic E-state index is 13.3. The summed E-state index contributed by atoms with van der Waals surface area (Å²) in [6, 6.07) is 14.2. The van der Waals surface area contributed by atoms with E-state index in [1.165, 1.54) is 6.92 Å². The van der Waals surface area contributed by atoms with E-state index in [1.807, 2.05) is 38.1 Å². The average molecular weight is 495 g/mol. The Kier molecular flexibility index (Phi) is 8.37. The number of hydrogen-bond acceptors (Lipinski definition) is 4. The topological polar surface area (TPSA) is 50.3 Å². The summed E-state index contributed by atoms with van der Waals surface area (Å²) in [4.78, 5) is 29.9. The van der Waals surface area contributed by atoms with E-state index in [4.69, 9.17) is 0 Å². The van der Waals surface area contributed by atoms with Crippen LogP contribution in [0.1, 0.15) is 47.6 Å². The minimum absolute atomic E-state index is 0.228. The number of halogens is 3. The number of aryl methyl sites for hydroxylation is 1. The van der Waals surface area contributed by atoms with Crippen LogP contribution in [-0.2, 0) is 4.79 Å². The molecule has 0 aliphatic rings. The summed E-state index contributed by atoms with van der Waals surface area (Å²) in [5.74, 6) is -1.38. The molecule has 4 nitrogen and oxygen atoms in total. The largest absolute Gasteiger partial charge is 0.282 e. The Labute approximate surface area is 186 Å². The number of amides is 2. The first-order chi connectivity index (χ1) is 14.3. The van der Waals surface area contributed by atoms with E-state index in [0.29, 0.717) is 16.3 Å². The fourth-order valence-corrected chi connectivity index (χ4v) is 3.93. The van der Waals surface area contributed by atoms with Crippen LogP contribution in [0.5, 0.6) is 0 Å². The van der Waals surface area contributed by atoms with Crippen LogP contribution < -0.4 is 4.90 Å². The van der Waals surface area contributed by atoms with Crippen LogP contribution in [0.2, 0.25) is 0 Å². The fraction of sp³-hybridized carbons (Fsp3) is 0.227.